The summed E-state index contributed by atoms with van der Waals surface area (Å²) < 4.78 is 31.0. The lowest BCUT2D eigenvalue weighted by Gasteiger charge is -2.17. The van der Waals surface area contributed by atoms with Crippen molar-refractivity contribution < 1.29 is 17.9 Å². The van der Waals surface area contributed by atoms with E-state index >= 15 is 0 Å². The number of para-hydroxylation sites is 1. The topological polar surface area (TPSA) is 75.7 Å². The standard InChI is InChI=1S/C17H20N2O4S/c1-13-6-4-5-7-16(13)18-17(20)12-19(2)24(21,22)15-10-8-14(23-3)9-11-15/h4-11H,12H2,1-3H3,(H,18,20). The monoisotopic (exact) mass is 348 g/mol. The van der Waals surface area contributed by atoms with E-state index < -0.39 is 15.9 Å². The van der Waals surface area contributed by atoms with Crippen molar-refractivity contribution >= 4 is 21.6 Å². The summed E-state index contributed by atoms with van der Waals surface area (Å²) in [6.45, 7) is 1.59. The Morgan fingerprint density at radius 3 is 2.33 bits per heavy atom. The van der Waals surface area contributed by atoms with Gasteiger partial charge in [-0.15, -0.1) is 0 Å². The van der Waals surface area contributed by atoms with Gasteiger partial charge in [-0.3, -0.25) is 4.79 Å². The van der Waals surface area contributed by atoms with Crippen LogP contribution in [0.3, 0.4) is 0 Å². The van der Waals surface area contributed by atoms with Crippen LogP contribution in [0.1, 0.15) is 5.56 Å². The van der Waals surface area contributed by atoms with Gasteiger partial charge in [0.2, 0.25) is 15.9 Å². The molecule has 0 aromatic heterocycles. The maximum Gasteiger partial charge on any atom is 0.243 e. The third kappa shape index (κ3) is 4.12. The number of amides is 1. The molecule has 1 N–H and O–H groups in total. The lowest BCUT2D eigenvalue weighted by atomic mass is 10.2. The van der Waals surface area contributed by atoms with Gasteiger partial charge in [-0.1, -0.05) is 18.2 Å². The predicted octanol–water partition coefficient (Wildman–Crippen LogP) is 2.26. The van der Waals surface area contributed by atoms with Crippen molar-refractivity contribution in [2.24, 2.45) is 0 Å². The highest BCUT2D eigenvalue weighted by Gasteiger charge is 2.23. The number of methoxy groups -OCH3 is 1. The minimum absolute atomic E-state index is 0.106. The van der Waals surface area contributed by atoms with Crippen LogP contribution in [0.15, 0.2) is 53.4 Å². The number of nitrogens with zero attached hydrogens (tertiary/aromatic N) is 1. The van der Waals surface area contributed by atoms with Crippen molar-refractivity contribution in [2.45, 2.75) is 11.8 Å². The van der Waals surface area contributed by atoms with Crippen molar-refractivity contribution in [1.29, 1.82) is 0 Å². The van der Waals surface area contributed by atoms with Crippen molar-refractivity contribution in [2.75, 3.05) is 26.0 Å². The Labute approximate surface area is 142 Å². The Morgan fingerprint density at radius 1 is 1.12 bits per heavy atom. The molecule has 1 amide bonds. The summed E-state index contributed by atoms with van der Waals surface area (Å²) in [5.41, 5.74) is 1.57. The first-order valence-corrected chi connectivity index (χ1v) is 8.74. The molecule has 0 spiro atoms. The van der Waals surface area contributed by atoms with Gasteiger partial charge >= 0.3 is 0 Å². The molecule has 2 rings (SSSR count). The van der Waals surface area contributed by atoms with E-state index in [0.717, 1.165) is 9.87 Å². The zero-order valence-corrected chi connectivity index (χ0v) is 14.6. The SMILES string of the molecule is COc1ccc(S(=O)(=O)N(C)CC(=O)Nc2ccccc2C)cc1. The number of hydrogen-bond donors (Lipinski definition) is 1. The number of anilines is 1. The van der Waals surface area contributed by atoms with Crippen LogP contribution in [0.25, 0.3) is 0 Å². The second kappa shape index (κ2) is 7.46. The van der Waals surface area contributed by atoms with Crippen molar-refractivity contribution in [1.82, 2.24) is 4.31 Å². The van der Waals surface area contributed by atoms with Crippen molar-refractivity contribution in [3.63, 3.8) is 0 Å². The first-order chi connectivity index (χ1) is 11.3. The molecule has 0 saturated heterocycles. The fraction of sp³-hybridized carbons (Fsp3) is 0.235. The first kappa shape index (κ1) is 18.0. The Balaban J connectivity index is 2.08. The molecule has 6 nitrogen and oxygen atoms in total. The molecule has 0 aliphatic carbocycles. The number of hydrogen-bond acceptors (Lipinski definition) is 4. The van der Waals surface area contributed by atoms with Gasteiger partial charge in [0.05, 0.1) is 18.6 Å². The van der Waals surface area contributed by atoms with Gasteiger partial charge in [-0.25, -0.2) is 8.42 Å². The number of aryl methyl sites for hydroxylation is 1. The summed E-state index contributed by atoms with van der Waals surface area (Å²) >= 11 is 0. The van der Waals surface area contributed by atoms with E-state index in [2.05, 4.69) is 5.32 Å². The highest BCUT2D eigenvalue weighted by atomic mass is 32.2. The average Bonchev–Trinajstić information content (AvgIpc) is 2.57. The van der Waals surface area contributed by atoms with Crippen molar-refractivity contribution in [3.8, 4) is 5.75 Å². The molecule has 2 aromatic carbocycles. The normalized spacial score (nSPS) is 11.3. The van der Waals surface area contributed by atoms with E-state index in [9.17, 15) is 13.2 Å². The molecule has 0 aliphatic rings. The second-order valence-corrected chi connectivity index (χ2v) is 7.34. The smallest absolute Gasteiger partial charge is 0.243 e. The Hall–Kier alpha value is -2.38. The Morgan fingerprint density at radius 2 is 1.75 bits per heavy atom. The summed E-state index contributed by atoms with van der Waals surface area (Å²) in [6, 6.07) is 13.3. The summed E-state index contributed by atoms with van der Waals surface area (Å²) in [7, 11) is -0.867. The summed E-state index contributed by atoms with van der Waals surface area (Å²) in [4.78, 5) is 12.2. The number of nitrogens with one attached hydrogen (secondary N) is 1. The van der Waals surface area contributed by atoms with Crippen LogP contribution in [0.2, 0.25) is 0 Å². The van der Waals surface area contributed by atoms with E-state index in [1.54, 1.807) is 24.3 Å². The van der Waals surface area contributed by atoms with E-state index in [-0.39, 0.29) is 11.4 Å². The lowest BCUT2D eigenvalue weighted by Crippen LogP contribution is -2.35. The lowest BCUT2D eigenvalue weighted by molar-refractivity contribution is -0.116. The zero-order chi connectivity index (χ0) is 17.7. The zero-order valence-electron chi connectivity index (χ0n) is 13.8. The molecule has 0 heterocycles. The van der Waals surface area contributed by atoms with Gasteiger partial charge in [-0.2, -0.15) is 4.31 Å². The number of sulfonamides is 1. The molecule has 24 heavy (non-hydrogen) atoms. The van der Waals surface area contributed by atoms with Gasteiger partial charge < -0.3 is 10.1 Å². The van der Waals surface area contributed by atoms with Gasteiger partial charge in [0, 0.05) is 12.7 Å². The highest BCUT2D eigenvalue weighted by molar-refractivity contribution is 7.89. The van der Waals surface area contributed by atoms with Crippen LogP contribution in [-0.4, -0.2) is 39.3 Å². The molecule has 0 radical (unpaired) electrons. The molecular formula is C17H20N2O4S. The van der Waals surface area contributed by atoms with Crippen molar-refractivity contribution in [3.05, 3.63) is 54.1 Å². The molecule has 0 atom stereocenters. The number of ether oxygens (including phenoxy) is 1. The number of carbonyl (C=O) groups is 1. The second-order valence-electron chi connectivity index (χ2n) is 5.30. The third-order valence-corrected chi connectivity index (χ3v) is 5.37. The first-order valence-electron chi connectivity index (χ1n) is 7.30. The molecule has 0 bridgehead atoms. The average molecular weight is 348 g/mol. The number of rotatable bonds is 6. The Bertz CT molecular complexity index is 817. The maximum atomic E-state index is 12.5. The van der Waals surface area contributed by atoms with Crippen LogP contribution in [0, 0.1) is 6.92 Å². The summed E-state index contributed by atoms with van der Waals surface area (Å²) in [5, 5.41) is 2.72. The summed E-state index contributed by atoms with van der Waals surface area (Å²) in [5.74, 6) is 0.165. The van der Waals surface area contributed by atoms with Crippen LogP contribution in [0.5, 0.6) is 5.75 Å². The van der Waals surface area contributed by atoms with Gasteiger partial charge in [-0.05, 0) is 42.8 Å². The van der Waals surface area contributed by atoms with Gasteiger partial charge in [0.25, 0.3) is 0 Å². The van der Waals surface area contributed by atoms with Crippen LogP contribution in [-0.2, 0) is 14.8 Å². The quantitative estimate of drug-likeness (QED) is 0.869. The molecular weight excluding hydrogens is 328 g/mol. The van der Waals surface area contributed by atoms with E-state index in [1.807, 2.05) is 19.1 Å². The van der Waals surface area contributed by atoms with Crippen LogP contribution in [0.4, 0.5) is 5.69 Å². The minimum Gasteiger partial charge on any atom is -0.497 e. The van der Waals surface area contributed by atoms with E-state index in [4.69, 9.17) is 4.74 Å². The van der Waals surface area contributed by atoms with Gasteiger partial charge in [0.15, 0.2) is 0 Å². The number of carbonyl (C=O) groups excluding carboxylic acids is 1. The molecule has 0 fully saturated rings. The van der Waals surface area contributed by atoms with Crippen LogP contribution < -0.4 is 10.1 Å². The molecule has 128 valence electrons. The van der Waals surface area contributed by atoms with Crippen LogP contribution >= 0.6 is 0 Å². The fourth-order valence-electron chi connectivity index (χ4n) is 2.12. The van der Waals surface area contributed by atoms with E-state index in [0.29, 0.717) is 11.4 Å². The van der Waals surface area contributed by atoms with Gasteiger partial charge in [0.1, 0.15) is 5.75 Å². The fourth-order valence-corrected chi connectivity index (χ4v) is 3.24. The largest absolute Gasteiger partial charge is 0.497 e. The number of likely N-dealkylation sites (N-methyl/N-ethyl adjacent to an activating group) is 1. The highest BCUT2D eigenvalue weighted by Crippen LogP contribution is 2.19. The number of benzene rings is 2. The predicted molar refractivity (Wildman–Crippen MR) is 92.6 cm³/mol. The molecule has 0 unspecified atom stereocenters. The third-order valence-electron chi connectivity index (χ3n) is 3.55. The van der Waals surface area contributed by atoms with E-state index in [1.165, 1.54) is 26.3 Å². The molecule has 2 aromatic rings. The minimum atomic E-state index is -3.74. The Kier molecular flexibility index (Phi) is 5.58. The molecule has 7 heteroatoms. The molecule has 0 aliphatic heterocycles. The summed E-state index contributed by atoms with van der Waals surface area (Å²) in [6.07, 6.45) is 0. The molecule has 0 saturated carbocycles. The maximum absolute atomic E-state index is 12.5.